The molecule has 0 aliphatic rings. The number of nitrogens with one attached hydrogen (secondary N) is 1. The average molecular weight is 288 g/mol. The number of hydrogen-bond acceptors (Lipinski definition) is 5. The van der Waals surface area contributed by atoms with E-state index in [9.17, 15) is 14.5 Å². The van der Waals surface area contributed by atoms with Crippen molar-refractivity contribution in [1.82, 2.24) is 4.98 Å². The van der Waals surface area contributed by atoms with Gasteiger partial charge in [0, 0.05) is 11.8 Å². The summed E-state index contributed by atoms with van der Waals surface area (Å²) in [4.78, 5) is 13.8. The molecule has 18 heavy (non-hydrogen) atoms. The number of anilines is 1. The van der Waals surface area contributed by atoms with Gasteiger partial charge in [0.2, 0.25) is 5.82 Å². The van der Waals surface area contributed by atoms with Gasteiger partial charge in [-0.2, -0.15) is 4.39 Å². The first-order chi connectivity index (χ1) is 8.56. The lowest BCUT2D eigenvalue weighted by Crippen LogP contribution is -2.00. The van der Waals surface area contributed by atoms with Crippen LogP contribution < -0.4 is 5.32 Å². The van der Waals surface area contributed by atoms with E-state index in [1.54, 1.807) is 0 Å². The molecule has 0 spiro atoms. The van der Waals surface area contributed by atoms with Gasteiger partial charge in [0.15, 0.2) is 0 Å². The van der Waals surface area contributed by atoms with Gasteiger partial charge in [-0.25, -0.2) is 4.98 Å². The van der Waals surface area contributed by atoms with Crippen molar-refractivity contribution in [3.63, 3.8) is 0 Å². The fraction of sp³-hybridized carbons (Fsp3) is 0.100. The van der Waals surface area contributed by atoms with Gasteiger partial charge < -0.3 is 5.32 Å². The van der Waals surface area contributed by atoms with E-state index in [4.69, 9.17) is 11.6 Å². The highest BCUT2D eigenvalue weighted by molar-refractivity contribution is 7.15. The number of halogens is 2. The van der Waals surface area contributed by atoms with Crippen LogP contribution in [-0.2, 0) is 6.54 Å². The van der Waals surface area contributed by atoms with E-state index in [0.29, 0.717) is 16.6 Å². The van der Waals surface area contributed by atoms with Crippen LogP contribution in [0.2, 0.25) is 4.34 Å². The quantitative estimate of drug-likeness (QED) is 0.691. The number of rotatable bonds is 4. The Morgan fingerprint density at radius 3 is 2.94 bits per heavy atom. The van der Waals surface area contributed by atoms with Crippen LogP contribution in [0.5, 0.6) is 0 Å². The van der Waals surface area contributed by atoms with E-state index in [-0.39, 0.29) is 0 Å². The molecule has 0 saturated carbocycles. The molecule has 0 unspecified atom stereocenters. The molecule has 2 aromatic rings. The number of nitrogens with zero attached hydrogens (tertiary/aromatic N) is 2. The molecular weight excluding hydrogens is 281 g/mol. The van der Waals surface area contributed by atoms with Crippen LogP contribution in [-0.4, -0.2) is 9.91 Å². The third-order valence-electron chi connectivity index (χ3n) is 2.11. The number of nitro benzene ring substituents is 1. The van der Waals surface area contributed by atoms with Crippen molar-refractivity contribution in [2.75, 3.05) is 5.32 Å². The zero-order chi connectivity index (χ0) is 13.1. The normalized spacial score (nSPS) is 10.3. The molecule has 0 aliphatic heterocycles. The van der Waals surface area contributed by atoms with Crippen molar-refractivity contribution in [3.8, 4) is 0 Å². The summed E-state index contributed by atoms with van der Waals surface area (Å²) in [5, 5.41) is 14.2. The van der Waals surface area contributed by atoms with Crippen molar-refractivity contribution in [2.45, 2.75) is 6.54 Å². The predicted octanol–water partition coefficient (Wildman–Crippen LogP) is 3.46. The first-order valence-electron chi connectivity index (χ1n) is 4.84. The first-order valence-corrected chi connectivity index (χ1v) is 6.04. The van der Waals surface area contributed by atoms with E-state index in [1.165, 1.54) is 23.6 Å². The van der Waals surface area contributed by atoms with Crippen LogP contribution in [0.3, 0.4) is 0 Å². The van der Waals surface area contributed by atoms with Gasteiger partial charge in [-0.15, -0.1) is 11.3 Å². The van der Waals surface area contributed by atoms with Gasteiger partial charge in [-0.3, -0.25) is 10.1 Å². The second-order valence-corrected chi connectivity index (χ2v) is 5.08. The molecular formula is C10H7ClFN3O2S. The zero-order valence-electron chi connectivity index (χ0n) is 8.89. The number of thiazole rings is 1. The Labute approximate surface area is 110 Å². The van der Waals surface area contributed by atoms with E-state index >= 15 is 0 Å². The Bertz CT molecular complexity index is 590. The van der Waals surface area contributed by atoms with Crippen molar-refractivity contribution in [2.24, 2.45) is 0 Å². The maximum atomic E-state index is 13.1. The van der Waals surface area contributed by atoms with Gasteiger partial charge in [-0.1, -0.05) is 11.6 Å². The standard InChI is InChI=1S/C10H7ClFN3O2S/c11-9-4-14-10(18-9)5-13-6-1-2-7(12)8(3-6)15(16)17/h1-4,13H,5H2. The lowest BCUT2D eigenvalue weighted by molar-refractivity contribution is -0.387. The highest BCUT2D eigenvalue weighted by Crippen LogP contribution is 2.23. The second-order valence-electron chi connectivity index (χ2n) is 3.33. The molecule has 1 aromatic carbocycles. The predicted molar refractivity (Wildman–Crippen MR) is 67.5 cm³/mol. The Hall–Kier alpha value is -1.73. The molecule has 8 heteroatoms. The summed E-state index contributed by atoms with van der Waals surface area (Å²) in [6, 6.07) is 3.62. The minimum absolute atomic E-state index is 0.375. The second kappa shape index (κ2) is 5.28. The molecule has 1 aromatic heterocycles. The van der Waals surface area contributed by atoms with Gasteiger partial charge >= 0.3 is 5.69 Å². The van der Waals surface area contributed by atoms with Gasteiger partial charge in [-0.05, 0) is 12.1 Å². The molecule has 0 aliphatic carbocycles. The molecule has 0 atom stereocenters. The Balaban J connectivity index is 2.10. The third kappa shape index (κ3) is 2.93. The lowest BCUT2D eigenvalue weighted by Gasteiger charge is -2.04. The van der Waals surface area contributed by atoms with Crippen LogP contribution in [0.1, 0.15) is 5.01 Å². The summed E-state index contributed by atoms with van der Waals surface area (Å²) in [7, 11) is 0. The van der Waals surface area contributed by atoms with E-state index in [2.05, 4.69) is 10.3 Å². The Kier molecular flexibility index (Phi) is 3.73. The minimum atomic E-state index is -0.858. The van der Waals surface area contributed by atoms with E-state index in [0.717, 1.165) is 17.1 Å². The first kappa shape index (κ1) is 12.7. The Morgan fingerprint density at radius 2 is 2.33 bits per heavy atom. The number of aromatic nitrogens is 1. The maximum absolute atomic E-state index is 13.1. The Morgan fingerprint density at radius 1 is 1.56 bits per heavy atom. The highest BCUT2D eigenvalue weighted by Gasteiger charge is 2.14. The molecule has 0 bridgehead atoms. The fourth-order valence-corrected chi connectivity index (χ4v) is 2.21. The molecule has 0 radical (unpaired) electrons. The molecule has 1 heterocycles. The lowest BCUT2D eigenvalue weighted by atomic mass is 10.2. The van der Waals surface area contributed by atoms with Crippen molar-refractivity contribution in [1.29, 1.82) is 0 Å². The van der Waals surface area contributed by atoms with Gasteiger partial charge in [0.05, 0.1) is 17.7 Å². The zero-order valence-corrected chi connectivity index (χ0v) is 10.5. The minimum Gasteiger partial charge on any atom is -0.378 e. The van der Waals surface area contributed by atoms with Crippen LogP contribution >= 0.6 is 22.9 Å². The summed E-state index contributed by atoms with van der Waals surface area (Å²) in [6.07, 6.45) is 1.52. The largest absolute Gasteiger partial charge is 0.378 e. The highest BCUT2D eigenvalue weighted by atomic mass is 35.5. The third-order valence-corrected chi connectivity index (χ3v) is 3.23. The molecule has 0 fully saturated rings. The molecule has 5 nitrogen and oxygen atoms in total. The molecule has 1 N–H and O–H groups in total. The van der Waals surface area contributed by atoms with Crippen LogP contribution in [0, 0.1) is 15.9 Å². The van der Waals surface area contributed by atoms with Crippen LogP contribution in [0.15, 0.2) is 24.4 Å². The summed E-state index contributed by atoms with van der Waals surface area (Å²) in [6.45, 7) is 0.375. The van der Waals surface area contributed by atoms with E-state index in [1.807, 2.05) is 0 Å². The van der Waals surface area contributed by atoms with Crippen LogP contribution in [0.25, 0.3) is 0 Å². The summed E-state index contributed by atoms with van der Waals surface area (Å²) in [5.74, 6) is -0.858. The number of benzene rings is 1. The smallest absolute Gasteiger partial charge is 0.306 e. The van der Waals surface area contributed by atoms with Crippen molar-refractivity contribution in [3.05, 3.63) is 49.7 Å². The summed E-state index contributed by atoms with van der Waals surface area (Å²) >= 11 is 7.02. The topological polar surface area (TPSA) is 68.1 Å². The summed E-state index contributed by atoms with van der Waals surface area (Å²) in [5.41, 5.74) is -0.105. The number of hydrogen-bond donors (Lipinski definition) is 1. The molecule has 0 amide bonds. The summed E-state index contributed by atoms with van der Waals surface area (Å²) < 4.78 is 13.7. The van der Waals surface area contributed by atoms with Crippen molar-refractivity contribution >= 4 is 34.3 Å². The SMILES string of the molecule is O=[N+]([O-])c1cc(NCc2ncc(Cl)s2)ccc1F. The molecule has 2 rings (SSSR count). The van der Waals surface area contributed by atoms with E-state index < -0.39 is 16.4 Å². The number of nitro groups is 1. The van der Waals surface area contributed by atoms with Gasteiger partial charge in [0.25, 0.3) is 0 Å². The molecule has 94 valence electrons. The fourth-order valence-electron chi connectivity index (χ4n) is 1.31. The van der Waals surface area contributed by atoms with Gasteiger partial charge in [0.1, 0.15) is 9.34 Å². The van der Waals surface area contributed by atoms with Crippen molar-refractivity contribution < 1.29 is 9.31 Å². The molecule has 0 saturated heterocycles. The average Bonchev–Trinajstić information content (AvgIpc) is 2.74. The maximum Gasteiger partial charge on any atom is 0.306 e. The monoisotopic (exact) mass is 287 g/mol. The van der Waals surface area contributed by atoms with Crippen LogP contribution in [0.4, 0.5) is 15.8 Å².